The number of nitrogens with one attached hydrogen (secondary N) is 1. The van der Waals surface area contributed by atoms with Gasteiger partial charge in [-0.25, -0.2) is 13.8 Å². The number of halogens is 1. The summed E-state index contributed by atoms with van der Waals surface area (Å²) in [6, 6.07) is 29.9. The number of anilines is 1. The van der Waals surface area contributed by atoms with Crippen LogP contribution in [0.5, 0.6) is 5.75 Å². The average molecular weight is 548 g/mol. The quantitative estimate of drug-likeness (QED) is 0.207. The van der Waals surface area contributed by atoms with E-state index >= 15 is 0 Å². The van der Waals surface area contributed by atoms with Gasteiger partial charge in [0.25, 0.3) is 15.9 Å². The summed E-state index contributed by atoms with van der Waals surface area (Å²) >= 11 is 6.15. The van der Waals surface area contributed by atoms with Crippen molar-refractivity contribution < 1.29 is 17.9 Å². The fourth-order valence-corrected chi connectivity index (χ4v) is 5.27. The number of ether oxygens (including phenoxy) is 1. The molecule has 4 rings (SSSR count). The van der Waals surface area contributed by atoms with E-state index < -0.39 is 22.5 Å². The lowest BCUT2D eigenvalue weighted by Crippen LogP contribution is -2.40. The summed E-state index contributed by atoms with van der Waals surface area (Å²) in [7, 11) is -4.05. The van der Waals surface area contributed by atoms with Crippen molar-refractivity contribution in [2.45, 2.75) is 18.4 Å². The molecule has 7 nitrogen and oxygen atoms in total. The number of benzene rings is 4. The topological polar surface area (TPSA) is 88.1 Å². The van der Waals surface area contributed by atoms with Gasteiger partial charge in [0.05, 0.1) is 16.8 Å². The minimum Gasteiger partial charge on any atom is -0.489 e. The maximum Gasteiger partial charge on any atom is 0.264 e. The summed E-state index contributed by atoms with van der Waals surface area (Å²) < 4.78 is 33.7. The second kappa shape index (κ2) is 12.4. The van der Waals surface area contributed by atoms with E-state index in [-0.39, 0.29) is 4.90 Å². The van der Waals surface area contributed by atoms with Crippen LogP contribution < -0.4 is 14.5 Å². The zero-order chi connectivity index (χ0) is 27.0. The van der Waals surface area contributed by atoms with Crippen molar-refractivity contribution in [2.24, 2.45) is 5.10 Å². The first kappa shape index (κ1) is 26.9. The molecular weight excluding hydrogens is 522 g/mol. The number of hydrogen-bond acceptors (Lipinski definition) is 5. The molecule has 0 aliphatic rings. The Bertz CT molecular complexity index is 1510. The SMILES string of the molecule is Cc1ccc(Cl)cc1N(CC(=O)N/N=C\c1ccc(OCc2ccccc2)cc1)S(=O)(=O)c1ccccc1. The van der Waals surface area contributed by atoms with E-state index in [9.17, 15) is 13.2 Å². The highest BCUT2D eigenvalue weighted by Crippen LogP contribution is 2.29. The van der Waals surface area contributed by atoms with Crippen LogP contribution in [0.1, 0.15) is 16.7 Å². The van der Waals surface area contributed by atoms with Crippen molar-refractivity contribution in [3.8, 4) is 5.75 Å². The Morgan fingerprint density at radius 3 is 2.29 bits per heavy atom. The molecule has 0 spiro atoms. The third-order valence-corrected chi connectivity index (χ3v) is 7.60. The summed E-state index contributed by atoms with van der Waals surface area (Å²) in [5.74, 6) is 0.0941. The molecule has 0 saturated heterocycles. The summed E-state index contributed by atoms with van der Waals surface area (Å²) in [4.78, 5) is 12.8. The lowest BCUT2D eigenvalue weighted by Gasteiger charge is -2.25. The number of aryl methyl sites for hydroxylation is 1. The summed E-state index contributed by atoms with van der Waals surface area (Å²) in [6.45, 7) is 1.73. The van der Waals surface area contributed by atoms with Gasteiger partial charge in [-0.15, -0.1) is 0 Å². The monoisotopic (exact) mass is 547 g/mol. The number of rotatable bonds is 10. The van der Waals surface area contributed by atoms with Gasteiger partial charge in [-0.1, -0.05) is 66.2 Å². The molecule has 0 fully saturated rings. The Kier molecular flexibility index (Phi) is 8.78. The fourth-order valence-electron chi connectivity index (χ4n) is 3.61. The molecule has 0 unspecified atom stereocenters. The van der Waals surface area contributed by atoms with E-state index in [4.69, 9.17) is 16.3 Å². The van der Waals surface area contributed by atoms with Gasteiger partial charge in [0.2, 0.25) is 0 Å². The van der Waals surface area contributed by atoms with Crippen molar-refractivity contribution >= 4 is 39.4 Å². The van der Waals surface area contributed by atoms with E-state index in [0.29, 0.717) is 28.6 Å². The third-order valence-electron chi connectivity index (χ3n) is 5.59. The fraction of sp³-hybridized carbons (Fsp3) is 0.103. The van der Waals surface area contributed by atoms with E-state index in [1.807, 2.05) is 42.5 Å². The van der Waals surface area contributed by atoms with E-state index in [2.05, 4.69) is 10.5 Å². The number of hydrogen-bond donors (Lipinski definition) is 1. The van der Waals surface area contributed by atoms with Gasteiger partial charge < -0.3 is 4.74 Å². The van der Waals surface area contributed by atoms with Crippen molar-refractivity contribution in [1.29, 1.82) is 0 Å². The minimum absolute atomic E-state index is 0.0604. The number of carbonyl (C=O) groups is 1. The van der Waals surface area contributed by atoms with E-state index in [0.717, 1.165) is 15.4 Å². The number of amides is 1. The van der Waals surface area contributed by atoms with Crippen LogP contribution in [0.25, 0.3) is 0 Å². The number of hydrazone groups is 1. The molecule has 9 heteroatoms. The Hall–Kier alpha value is -4.14. The van der Waals surface area contributed by atoms with Crippen LogP contribution in [0.4, 0.5) is 5.69 Å². The normalized spacial score (nSPS) is 11.3. The van der Waals surface area contributed by atoms with Crippen molar-refractivity contribution in [2.75, 3.05) is 10.8 Å². The van der Waals surface area contributed by atoms with Crippen molar-refractivity contribution in [1.82, 2.24) is 5.43 Å². The van der Waals surface area contributed by atoms with Gasteiger partial charge in [0.15, 0.2) is 0 Å². The molecular formula is C29H26ClN3O4S. The molecule has 38 heavy (non-hydrogen) atoms. The smallest absolute Gasteiger partial charge is 0.264 e. The molecule has 4 aromatic rings. The molecule has 0 atom stereocenters. The Labute approximate surface area is 227 Å². The molecule has 194 valence electrons. The van der Waals surface area contributed by atoms with Crippen LogP contribution in [-0.2, 0) is 21.4 Å². The van der Waals surface area contributed by atoms with Crippen LogP contribution >= 0.6 is 11.6 Å². The van der Waals surface area contributed by atoms with Crippen LogP contribution in [0.3, 0.4) is 0 Å². The van der Waals surface area contributed by atoms with Gasteiger partial charge in [0.1, 0.15) is 18.9 Å². The third kappa shape index (κ3) is 7.00. The highest BCUT2D eigenvalue weighted by atomic mass is 35.5. The van der Waals surface area contributed by atoms with E-state index in [1.165, 1.54) is 24.4 Å². The number of carbonyl (C=O) groups excluding carboxylic acids is 1. The zero-order valence-electron chi connectivity index (χ0n) is 20.6. The van der Waals surface area contributed by atoms with Crippen molar-refractivity contribution in [3.05, 3.63) is 125 Å². The van der Waals surface area contributed by atoms with Crippen LogP contribution in [0, 0.1) is 6.92 Å². The second-order valence-electron chi connectivity index (χ2n) is 8.39. The molecule has 0 aliphatic heterocycles. The van der Waals surface area contributed by atoms with E-state index in [1.54, 1.807) is 49.4 Å². The Morgan fingerprint density at radius 2 is 1.61 bits per heavy atom. The highest BCUT2D eigenvalue weighted by molar-refractivity contribution is 7.92. The molecule has 1 amide bonds. The maximum atomic E-state index is 13.5. The van der Waals surface area contributed by atoms with Crippen molar-refractivity contribution in [3.63, 3.8) is 0 Å². The number of nitrogens with zero attached hydrogens (tertiary/aromatic N) is 2. The summed E-state index contributed by atoms with van der Waals surface area (Å²) in [5.41, 5.74) is 5.17. The number of sulfonamides is 1. The summed E-state index contributed by atoms with van der Waals surface area (Å²) in [6.07, 6.45) is 1.47. The van der Waals surface area contributed by atoms with Crippen LogP contribution in [0.15, 0.2) is 113 Å². The maximum absolute atomic E-state index is 13.5. The molecule has 0 heterocycles. The van der Waals surface area contributed by atoms with Gasteiger partial charge in [0, 0.05) is 5.02 Å². The first-order valence-corrected chi connectivity index (χ1v) is 13.6. The molecule has 4 aromatic carbocycles. The molecule has 0 bridgehead atoms. The van der Waals surface area contributed by atoms with Gasteiger partial charge in [-0.2, -0.15) is 5.10 Å². The van der Waals surface area contributed by atoms with Gasteiger partial charge in [-0.05, 0) is 72.1 Å². The Morgan fingerprint density at radius 1 is 0.947 bits per heavy atom. The molecule has 0 aliphatic carbocycles. The Balaban J connectivity index is 1.43. The predicted molar refractivity (Wildman–Crippen MR) is 150 cm³/mol. The zero-order valence-corrected chi connectivity index (χ0v) is 22.2. The predicted octanol–water partition coefficient (Wildman–Crippen LogP) is 5.57. The lowest BCUT2D eigenvalue weighted by atomic mass is 10.2. The first-order chi connectivity index (χ1) is 18.3. The molecule has 1 N–H and O–H groups in total. The van der Waals surface area contributed by atoms with Crippen LogP contribution in [-0.4, -0.2) is 27.1 Å². The van der Waals surface area contributed by atoms with Crippen LogP contribution in [0.2, 0.25) is 5.02 Å². The standard InChI is InChI=1S/C29H26ClN3O4S/c1-22-12-15-25(30)18-28(22)33(38(35,36)27-10-6-3-7-11-27)20-29(34)32-31-19-23-13-16-26(17-14-23)37-21-24-8-4-2-5-9-24/h2-19H,20-21H2,1H3,(H,32,34)/b31-19-. The lowest BCUT2D eigenvalue weighted by molar-refractivity contribution is -0.119. The largest absolute Gasteiger partial charge is 0.489 e. The van der Waals surface area contributed by atoms with Gasteiger partial charge in [-0.3, -0.25) is 9.10 Å². The molecule has 0 saturated carbocycles. The molecule has 0 radical (unpaired) electrons. The van der Waals surface area contributed by atoms with Gasteiger partial charge >= 0.3 is 0 Å². The second-order valence-corrected chi connectivity index (χ2v) is 10.7. The molecule has 0 aromatic heterocycles. The minimum atomic E-state index is -4.05. The summed E-state index contributed by atoms with van der Waals surface area (Å²) in [5, 5.41) is 4.35. The highest BCUT2D eigenvalue weighted by Gasteiger charge is 2.28. The first-order valence-electron chi connectivity index (χ1n) is 11.8. The average Bonchev–Trinajstić information content (AvgIpc) is 2.94.